The molecule has 0 aromatic carbocycles. The van der Waals surface area contributed by atoms with Crippen molar-refractivity contribution in [2.45, 2.75) is 33.1 Å². The van der Waals surface area contributed by atoms with Crippen LogP contribution in [-0.2, 0) is 4.79 Å². The molecule has 3 nitrogen and oxygen atoms in total. The topological polar surface area (TPSA) is 41.1 Å². The van der Waals surface area contributed by atoms with Gasteiger partial charge in [0.05, 0.1) is 5.41 Å². The highest BCUT2D eigenvalue weighted by Crippen LogP contribution is 2.25. The van der Waals surface area contributed by atoms with E-state index in [4.69, 9.17) is 0 Å². The fourth-order valence-corrected chi connectivity index (χ4v) is 1.70. The molecular weight excluding hydrogens is 200 g/mol. The van der Waals surface area contributed by atoms with Gasteiger partial charge < -0.3 is 10.6 Å². The van der Waals surface area contributed by atoms with Crippen LogP contribution in [0.4, 0.5) is 0 Å². The minimum absolute atomic E-state index is 0. The number of rotatable bonds is 3. The van der Waals surface area contributed by atoms with E-state index < -0.39 is 0 Å². The van der Waals surface area contributed by atoms with Crippen LogP contribution in [0.25, 0.3) is 0 Å². The molecule has 0 spiro atoms. The van der Waals surface area contributed by atoms with Gasteiger partial charge in [0.1, 0.15) is 0 Å². The summed E-state index contributed by atoms with van der Waals surface area (Å²) in [4.78, 5) is 11.7. The largest absolute Gasteiger partial charge is 0.356 e. The first-order chi connectivity index (χ1) is 6.19. The summed E-state index contributed by atoms with van der Waals surface area (Å²) >= 11 is 0. The molecule has 0 aromatic heterocycles. The van der Waals surface area contributed by atoms with E-state index in [-0.39, 0.29) is 23.7 Å². The first kappa shape index (κ1) is 13.7. The molecule has 2 N–H and O–H groups in total. The maximum absolute atomic E-state index is 11.7. The number of amides is 1. The predicted molar refractivity (Wildman–Crippen MR) is 60.8 cm³/mol. The second kappa shape index (κ2) is 6.25. The normalized spacial score (nSPS) is 26.4. The molecule has 0 saturated carbocycles. The number of nitrogens with one attached hydrogen (secondary N) is 2. The number of piperidine rings is 1. The van der Waals surface area contributed by atoms with Crippen LogP contribution in [0.3, 0.4) is 0 Å². The Morgan fingerprint density at radius 2 is 2.29 bits per heavy atom. The van der Waals surface area contributed by atoms with Crippen LogP contribution in [0.2, 0.25) is 0 Å². The van der Waals surface area contributed by atoms with E-state index in [9.17, 15) is 4.79 Å². The molecule has 0 aliphatic carbocycles. The summed E-state index contributed by atoms with van der Waals surface area (Å²) in [6.07, 6.45) is 3.13. The zero-order valence-corrected chi connectivity index (χ0v) is 9.88. The van der Waals surface area contributed by atoms with Crippen LogP contribution in [0.15, 0.2) is 0 Å². The molecule has 0 aromatic rings. The Morgan fingerprint density at radius 1 is 1.57 bits per heavy atom. The first-order valence-corrected chi connectivity index (χ1v) is 5.18. The van der Waals surface area contributed by atoms with E-state index in [1.54, 1.807) is 0 Å². The molecule has 0 bridgehead atoms. The van der Waals surface area contributed by atoms with Gasteiger partial charge in [-0.3, -0.25) is 4.79 Å². The van der Waals surface area contributed by atoms with Gasteiger partial charge >= 0.3 is 0 Å². The van der Waals surface area contributed by atoms with E-state index in [2.05, 4.69) is 17.6 Å². The highest BCUT2D eigenvalue weighted by molar-refractivity contribution is 5.85. The molecule has 84 valence electrons. The molecule has 14 heavy (non-hydrogen) atoms. The van der Waals surface area contributed by atoms with Crippen molar-refractivity contribution in [1.29, 1.82) is 0 Å². The van der Waals surface area contributed by atoms with Crippen LogP contribution < -0.4 is 10.6 Å². The quantitative estimate of drug-likeness (QED) is 0.754. The summed E-state index contributed by atoms with van der Waals surface area (Å²) in [5, 5.41) is 6.24. The summed E-state index contributed by atoms with van der Waals surface area (Å²) in [7, 11) is 0. The molecule has 1 saturated heterocycles. The summed E-state index contributed by atoms with van der Waals surface area (Å²) in [6, 6.07) is 0. The lowest BCUT2D eigenvalue weighted by Crippen LogP contribution is -2.48. The molecule has 1 rings (SSSR count). The zero-order chi connectivity index (χ0) is 9.73. The van der Waals surface area contributed by atoms with Gasteiger partial charge in [-0.15, -0.1) is 12.4 Å². The predicted octanol–water partition coefficient (Wildman–Crippen LogP) is 1.32. The molecular formula is C10H21ClN2O. The van der Waals surface area contributed by atoms with Crippen molar-refractivity contribution in [2.24, 2.45) is 5.41 Å². The smallest absolute Gasteiger partial charge is 0.227 e. The average molecular weight is 221 g/mol. The van der Waals surface area contributed by atoms with Crippen molar-refractivity contribution in [2.75, 3.05) is 19.6 Å². The molecule has 0 radical (unpaired) electrons. The first-order valence-electron chi connectivity index (χ1n) is 5.18. The van der Waals surface area contributed by atoms with Gasteiger partial charge in [-0.1, -0.05) is 6.92 Å². The molecule has 1 atom stereocenters. The maximum Gasteiger partial charge on any atom is 0.227 e. The van der Waals surface area contributed by atoms with Crippen molar-refractivity contribution in [1.82, 2.24) is 10.6 Å². The minimum atomic E-state index is -0.173. The van der Waals surface area contributed by atoms with Gasteiger partial charge in [0.2, 0.25) is 5.91 Å². The standard InChI is InChI=1S/C10H20N2O.ClH/c1-3-6-12-9(13)10(2)5-4-7-11-8-10;/h11H,3-8H2,1-2H3,(H,12,13);1H. The Kier molecular flexibility index (Phi) is 6.12. The van der Waals surface area contributed by atoms with Crippen molar-refractivity contribution >= 4 is 18.3 Å². The van der Waals surface area contributed by atoms with Crippen LogP contribution >= 0.6 is 12.4 Å². The lowest BCUT2D eigenvalue weighted by atomic mass is 9.82. The Bertz CT molecular complexity index is 179. The Hall–Kier alpha value is -0.280. The maximum atomic E-state index is 11.7. The van der Waals surface area contributed by atoms with Gasteiger partial charge in [-0.25, -0.2) is 0 Å². The fourth-order valence-electron chi connectivity index (χ4n) is 1.70. The highest BCUT2D eigenvalue weighted by atomic mass is 35.5. The number of hydrogen-bond donors (Lipinski definition) is 2. The average Bonchev–Trinajstić information content (AvgIpc) is 2.15. The number of carbonyl (C=O) groups excluding carboxylic acids is 1. The molecule has 1 aliphatic rings. The number of carbonyl (C=O) groups is 1. The SMILES string of the molecule is CCCNC(=O)C1(C)CCCNC1.Cl. The van der Waals surface area contributed by atoms with Crippen LogP contribution in [-0.4, -0.2) is 25.5 Å². The third-order valence-corrected chi connectivity index (χ3v) is 2.68. The Balaban J connectivity index is 0.00000169. The second-order valence-electron chi connectivity index (χ2n) is 4.10. The molecule has 1 amide bonds. The third kappa shape index (κ3) is 3.46. The van der Waals surface area contributed by atoms with Crippen LogP contribution in [0, 0.1) is 5.41 Å². The summed E-state index contributed by atoms with van der Waals surface area (Å²) in [5.74, 6) is 0.210. The lowest BCUT2D eigenvalue weighted by Gasteiger charge is -2.32. The van der Waals surface area contributed by atoms with E-state index in [1.165, 1.54) is 0 Å². The van der Waals surface area contributed by atoms with E-state index >= 15 is 0 Å². The molecule has 1 unspecified atom stereocenters. The number of hydrogen-bond acceptors (Lipinski definition) is 2. The molecule has 1 fully saturated rings. The van der Waals surface area contributed by atoms with E-state index in [1.807, 2.05) is 6.92 Å². The van der Waals surface area contributed by atoms with Gasteiger partial charge in [-0.05, 0) is 32.7 Å². The van der Waals surface area contributed by atoms with Gasteiger partial charge in [-0.2, -0.15) is 0 Å². The number of halogens is 1. The van der Waals surface area contributed by atoms with Crippen molar-refractivity contribution < 1.29 is 4.79 Å². The van der Waals surface area contributed by atoms with E-state index in [0.717, 1.165) is 38.9 Å². The lowest BCUT2D eigenvalue weighted by molar-refractivity contribution is -0.131. The van der Waals surface area contributed by atoms with Gasteiger partial charge in [0.25, 0.3) is 0 Å². The summed E-state index contributed by atoms with van der Waals surface area (Å²) in [5.41, 5.74) is -0.173. The monoisotopic (exact) mass is 220 g/mol. The Morgan fingerprint density at radius 3 is 2.79 bits per heavy atom. The molecule has 4 heteroatoms. The zero-order valence-electron chi connectivity index (χ0n) is 9.06. The van der Waals surface area contributed by atoms with Crippen molar-refractivity contribution in [3.63, 3.8) is 0 Å². The third-order valence-electron chi connectivity index (χ3n) is 2.68. The summed E-state index contributed by atoms with van der Waals surface area (Å²) in [6.45, 7) is 6.79. The van der Waals surface area contributed by atoms with Crippen LogP contribution in [0.1, 0.15) is 33.1 Å². The fraction of sp³-hybridized carbons (Fsp3) is 0.900. The van der Waals surface area contributed by atoms with Crippen molar-refractivity contribution in [3.05, 3.63) is 0 Å². The van der Waals surface area contributed by atoms with Crippen molar-refractivity contribution in [3.8, 4) is 0 Å². The highest BCUT2D eigenvalue weighted by Gasteiger charge is 2.33. The minimum Gasteiger partial charge on any atom is -0.356 e. The summed E-state index contributed by atoms with van der Waals surface area (Å²) < 4.78 is 0. The van der Waals surface area contributed by atoms with E-state index in [0.29, 0.717) is 0 Å². The van der Waals surface area contributed by atoms with Gasteiger partial charge in [0, 0.05) is 13.1 Å². The van der Waals surface area contributed by atoms with Crippen LogP contribution in [0.5, 0.6) is 0 Å². The van der Waals surface area contributed by atoms with Gasteiger partial charge in [0.15, 0.2) is 0 Å². The molecule has 1 aliphatic heterocycles. The molecule has 1 heterocycles. The Labute approximate surface area is 92.4 Å². The second-order valence-corrected chi connectivity index (χ2v) is 4.10.